The number of carboxylic acid groups (broad SMARTS) is 1. The molecule has 0 saturated carbocycles. The van der Waals surface area contributed by atoms with E-state index in [1.54, 1.807) is 18.2 Å². The van der Waals surface area contributed by atoms with E-state index in [0.717, 1.165) is 29.8 Å². The number of hydrogen-bond acceptors (Lipinski definition) is 6. The zero-order valence-electron chi connectivity index (χ0n) is 19.7. The van der Waals surface area contributed by atoms with E-state index in [4.69, 9.17) is 15.2 Å². The van der Waals surface area contributed by atoms with E-state index in [2.05, 4.69) is 4.98 Å². The Bertz CT molecular complexity index is 1160. The molecule has 0 aliphatic rings. The lowest BCUT2D eigenvalue weighted by molar-refractivity contribution is -0.145. The summed E-state index contributed by atoms with van der Waals surface area (Å²) in [6, 6.07) is 15.1. The van der Waals surface area contributed by atoms with Gasteiger partial charge in [-0.3, -0.25) is 0 Å². The quantitative estimate of drug-likeness (QED) is 0.379. The first-order chi connectivity index (χ1) is 16.8. The van der Waals surface area contributed by atoms with Crippen LogP contribution in [0.25, 0.3) is 11.1 Å². The van der Waals surface area contributed by atoms with E-state index >= 15 is 0 Å². The van der Waals surface area contributed by atoms with Gasteiger partial charge in [0, 0.05) is 25.6 Å². The number of pyridine rings is 1. The zero-order chi connectivity index (χ0) is 25.4. The zero-order valence-corrected chi connectivity index (χ0v) is 19.7. The molecule has 186 valence electrons. The van der Waals surface area contributed by atoms with E-state index in [-0.39, 0.29) is 12.2 Å². The lowest BCUT2D eigenvalue weighted by Gasteiger charge is -2.21. The first-order valence-electron chi connectivity index (χ1n) is 11.4. The summed E-state index contributed by atoms with van der Waals surface area (Å²) in [6.45, 7) is 6.21. The molecule has 3 N–H and O–H groups in total. The molecule has 0 amide bonds. The van der Waals surface area contributed by atoms with Crippen LogP contribution < -0.4 is 15.2 Å². The molecular weight excluding hydrogens is 456 g/mol. The number of carbonyl (C=O) groups is 1. The number of aliphatic carboxylic acids is 1. The lowest BCUT2D eigenvalue weighted by atomic mass is 10.0. The van der Waals surface area contributed by atoms with Gasteiger partial charge in [-0.25, -0.2) is 13.6 Å². The summed E-state index contributed by atoms with van der Waals surface area (Å²) in [5.41, 5.74) is 8.37. The number of nitrogens with zero attached hydrogens (tertiary/aromatic N) is 2. The van der Waals surface area contributed by atoms with E-state index in [0.29, 0.717) is 19.2 Å². The largest absolute Gasteiger partial charge is 0.479 e. The fraction of sp³-hybridized carbons (Fsp3) is 0.308. The third kappa shape index (κ3) is 6.97. The predicted molar refractivity (Wildman–Crippen MR) is 128 cm³/mol. The second-order valence-corrected chi connectivity index (χ2v) is 7.86. The van der Waals surface area contributed by atoms with Crippen molar-refractivity contribution in [1.29, 1.82) is 0 Å². The Labute approximate surface area is 203 Å². The van der Waals surface area contributed by atoms with Crippen LogP contribution in [0.4, 0.5) is 8.78 Å². The minimum Gasteiger partial charge on any atom is -0.479 e. The van der Waals surface area contributed by atoms with Crippen molar-refractivity contribution in [2.45, 2.75) is 32.9 Å². The monoisotopic (exact) mass is 485 g/mol. The highest BCUT2D eigenvalue weighted by atomic mass is 19.1. The number of benzene rings is 2. The van der Waals surface area contributed by atoms with Crippen molar-refractivity contribution in [3.05, 3.63) is 71.8 Å². The molecule has 35 heavy (non-hydrogen) atoms. The number of halogens is 2. The van der Waals surface area contributed by atoms with Gasteiger partial charge in [-0.1, -0.05) is 44.2 Å². The van der Waals surface area contributed by atoms with Gasteiger partial charge in [0.25, 0.3) is 11.8 Å². The van der Waals surface area contributed by atoms with Gasteiger partial charge in [0.05, 0.1) is 0 Å². The molecule has 0 aliphatic carbocycles. The molecule has 1 atom stereocenters. The van der Waals surface area contributed by atoms with Crippen LogP contribution in [-0.2, 0) is 11.3 Å². The Morgan fingerprint density at radius 2 is 1.69 bits per heavy atom. The van der Waals surface area contributed by atoms with Gasteiger partial charge in [0.1, 0.15) is 5.75 Å². The SMILES string of the molecule is CCN(CC)CCC(Oc1nc(Oc2cccc(-c3cccc(CN)c3)c2)c(F)cc1F)C(=O)O. The van der Waals surface area contributed by atoms with Crippen LogP contribution in [0.1, 0.15) is 25.8 Å². The van der Waals surface area contributed by atoms with Crippen LogP contribution in [0.2, 0.25) is 0 Å². The summed E-state index contributed by atoms with van der Waals surface area (Å²) in [5.74, 6) is -4.32. The Morgan fingerprint density at radius 3 is 2.34 bits per heavy atom. The molecule has 1 aromatic heterocycles. The molecule has 9 heteroatoms. The second kappa shape index (κ2) is 12.2. The summed E-state index contributed by atoms with van der Waals surface area (Å²) in [4.78, 5) is 17.5. The summed E-state index contributed by atoms with van der Waals surface area (Å²) in [7, 11) is 0. The molecule has 1 heterocycles. The maximum absolute atomic E-state index is 14.5. The van der Waals surface area contributed by atoms with Crippen LogP contribution in [0, 0.1) is 11.6 Å². The average molecular weight is 486 g/mol. The molecule has 0 bridgehead atoms. The number of ether oxygens (including phenoxy) is 2. The smallest absolute Gasteiger partial charge is 0.345 e. The Hall–Kier alpha value is -3.56. The topological polar surface area (TPSA) is 97.9 Å². The average Bonchev–Trinajstić information content (AvgIpc) is 2.86. The Morgan fingerprint density at radius 1 is 1.03 bits per heavy atom. The van der Waals surface area contributed by atoms with E-state index in [9.17, 15) is 18.7 Å². The number of carboxylic acids is 1. The number of hydrogen-bond donors (Lipinski definition) is 2. The normalized spacial score (nSPS) is 11.9. The fourth-order valence-electron chi connectivity index (χ4n) is 3.52. The standard InChI is InChI=1S/C26H29F2N3O4/c1-3-31(4-2)12-11-23(26(32)33)35-25-22(28)15-21(27)24(30-25)34-20-10-6-9-19(14-20)18-8-5-7-17(13-18)16-29/h5-10,13-15,23H,3-4,11-12,16,29H2,1-2H3,(H,32,33). The molecule has 0 fully saturated rings. The van der Waals surface area contributed by atoms with E-state index in [1.807, 2.05) is 49.1 Å². The first kappa shape index (κ1) is 26.1. The number of rotatable bonds is 12. The Balaban J connectivity index is 1.82. The summed E-state index contributed by atoms with van der Waals surface area (Å²) >= 11 is 0. The van der Waals surface area contributed by atoms with Crippen molar-refractivity contribution < 1.29 is 28.2 Å². The van der Waals surface area contributed by atoms with Gasteiger partial charge in [0.2, 0.25) is 0 Å². The van der Waals surface area contributed by atoms with Crippen LogP contribution in [0.15, 0.2) is 54.6 Å². The minimum atomic E-state index is -1.35. The van der Waals surface area contributed by atoms with Crippen molar-refractivity contribution in [2.75, 3.05) is 19.6 Å². The third-order valence-electron chi connectivity index (χ3n) is 5.54. The lowest BCUT2D eigenvalue weighted by Crippen LogP contribution is -2.34. The molecule has 1 unspecified atom stereocenters. The maximum Gasteiger partial charge on any atom is 0.345 e. The molecule has 3 rings (SSSR count). The van der Waals surface area contributed by atoms with Crippen molar-refractivity contribution in [2.24, 2.45) is 5.73 Å². The summed E-state index contributed by atoms with van der Waals surface area (Å²) in [5, 5.41) is 9.51. The van der Waals surface area contributed by atoms with Crippen LogP contribution in [0.3, 0.4) is 0 Å². The van der Waals surface area contributed by atoms with Crippen LogP contribution in [0.5, 0.6) is 17.5 Å². The van der Waals surface area contributed by atoms with Gasteiger partial charge < -0.3 is 25.2 Å². The molecule has 3 aromatic rings. The van der Waals surface area contributed by atoms with Crippen LogP contribution in [-0.4, -0.2) is 46.7 Å². The van der Waals surface area contributed by atoms with E-state index in [1.165, 1.54) is 0 Å². The van der Waals surface area contributed by atoms with Gasteiger partial charge in [0.15, 0.2) is 17.7 Å². The van der Waals surface area contributed by atoms with Crippen LogP contribution >= 0.6 is 0 Å². The van der Waals surface area contributed by atoms with Crippen molar-refractivity contribution >= 4 is 5.97 Å². The highest BCUT2D eigenvalue weighted by Gasteiger charge is 2.24. The first-order valence-corrected chi connectivity index (χ1v) is 11.4. The molecule has 0 saturated heterocycles. The van der Waals surface area contributed by atoms with Gasteiger partial charge in [-0.05, 0) is 48.0 Å². The maximum atomic E-state index is 14.5. The molecular formula is C26H29F2N3O4. The Kier molecular flexibility index (Phi) is 9.11. The number of aromatic nitrogens is 1. The van der Waals surface area contributed by atoms with Crippen molar-refractivity contribution in [1.82, 2.24) is 9.88 Å². The highest BCUT2D eigenvalue weighted by Crippen LogP contribution is 2.30. The van der Waals surface area contributed by atoms with Gasteiger partial charge in [-0.2, -0.15) is 4.98 Å². The molecule has 0 aliphatic heterocycles. The highest BCUT2D eigenvalue weighted by molar-refractivity contribution is 5.72. The van der Waals surface area contributed by atoms with Crippen molar-refractivity contribution in [3.8, 4) is 28.6 Å². The molecule has 0 radical (unpaired) electrons. The minimum absolute atomic E-state index is 0.107. The number of nitrogens with two attached hydrogens (primary N) is 1. The van der Waals surface area contributed by atoms with E-state index < -0.39 is 35.5 Å². The third-order valence-corrected chi connectivity index (χ3v) is 5.54. The molecule has 2 aromatic carbocycles. The summed E-state index contributed by atoms with van der Waals surface area (Å²) < 4.78 is 39.8. The summed E-state index contributed by atoms with van der Waals surface area (Å²) in [6.07, 6.45) is -1.25. The van der Waals surface area contributed by atoms with Gasteiger partial charge in [-0.15, -0.1) is 0 Å². The molecule has 7 nitrogen and oxygen atoms in total. The fourth-order valence-corrected chi connectivity index (χ4v) is 3.52. The second-order valence-electron chi connectivity index (χ2n) is 7.86. The molecule has 0 spiro atoms. The predicted octanol–water partition coefficient (Wildman–Crippen LogP) is 4.84. The van der Waals surface area contributed by atoms with Crippen molar-refractivity contribution in [3.63, 3.8) is 0 Å². The van der Waals surface area contributed by atoms with Gasteiger partial charge >= 0.3 is 5.97 Å².